The van der Waals surface area contributed by atoms with Crippen molar-refractivity contribution in [2.45, 2.75) is 58.0 Å². The molecule has 0 radical (unpaired) electrons. The summed E-state index contributed by atoms with van der Waals surface area (Å²) in [6, 6.07) is 4.23. The van der Waals surface area contributed by atoms with Crippen molar-refractivity contribution >= 4 is 23.2 Å². The Morgan fingerprint density at radius 1 is 1.12 bits per heavy atom. The van der Waals surface area contributed by atoms with Crippen LogP contribution in [0.3, 0.4) is 0 Å². The van der Waals surface area contributed by atoms with E-state index in [4.69, 9.17) is 27.9 Å². The molecule has 1 N–H and O–H groups in total. The quantitative estimate of drug-likeness (QED) is 0.720. The number of halogens is 2. The molecule has 0 spiro atoms. The van der Waals surface area contributed by atoms with Crippen LogP contribution in [0.25, 0.3) is 0 Å². The fourth-order valence-electron chi connectivity index (χ4n) is 6.16. The zero-order chi connectivity index (χ0) is 16.9. The maximum Gasteiger partial charge on any atom is 0.142 e. The predicted octanol–water partition coefficient (Wildman–Crippen LogP) is 5.70. The van der Waals surface area contributed by atoms with Gasteiger partial charge in [-0.05, 0) is 80.8 Å². The third-order valence-electron chi connectivity index (χ3n) is 6.89. The van der Waals surface area contributed by atoms with Gasteiger partial charge in [-0.25, -0.2) is 0 Å². The molecular formula is C20H27Cl2NO. The first kappa shape index (κ1) is 17.0. The number of benzene rings is 1. The second-order valence-corrected chi connectivity index (χ2v) is 9.31. The van der Waals surface area contributed by atoms with E-state index in [1.165, 1.54) is 38.5 Å². The van der Waals surface area contributed by atoms with E-state index in [-0.39, 0.29) is 0 Å². The first-order valence-corrected chi connectivity index (χ1v) is 10.00. The number of hydrogen-bond acceptors (Lipinski definition) is 2. The van der Waals surface area contributed by atoms with Crippen molar-refractivity contribution in [3.05, 3.63) is 27.7 Å². The van der Waals surface area contributed by atoms with Crippen molar-refractivity contribution in [2.24, 2.45) is 23.2 Å². The molecule has 0 heterocycles. The lowest BCUT2D eigenvalue weighted by atomic mass is 9.48. The lowest BCUT2D eigenvalue weighted by Crippen LogP contribution is -2.54. The standard InChI is InChI=1S/C20H27Cl2NO/c1-12(20-8-13-3-14(9-20)5-15(4-13)10-20)23-11-16-6-17(21)7-18(22)19(16)24-2/h6-7,12-15,23H,3-5,8-11H2,1-2H3. The summed E-state index contributed by atoms with van der Waals surface area (Å²) in [5, 5.41) is 5.04. The van der Waals surface area contributed by atoms with Crippen molar-refractivity contribution in [1.29, 1.82) is 0 Å². The lowest BCUT2D eigenvalue weighted by molar-refractivity contribution is -0.0706. The lowest BCUT2D eigenvalue weighted by Gasteiger charge is -2.59. The molecule has 4 bridgehead atoms. The Morgan fingerprint density at radius 2 is 1.71 bits per heavy atom. The van der Waals surface area contributed by atoms with Crippen LogP contribution < -0.4 is 10.1 Å². The molecular weight excluding hydrogens is 341 g/mol. The largest absolute Gasteiger partial charge is 0.495 e. The molecule has 1 aromatic rings. The summed E-state index contributed by atoms with van der Waals surface area (Å²) in [7, 11) is 1.67. The zero-order valence-electron chi connectivity index (χ0n) is 14.6. The summed E-state index contributed by atoms with van der Waals surface area (Å²) in [6.07, 6.45) is 8.72. The fraction of sp³-hybridized carbons (Fsp3) is 0.700. The van der Waals surface area contributed by atoms with Gasteiger partial charge >= 0.3 is 0 Å². The van der Waals surface area contributed by atoms with Gasteiger partial charge in [0.2, 0.25) is 0 Å². The molecule has 4 saturated carbocycles. The Morgan fingerprint density at radius 3 is 2.25 bits per heavy atom. The van der Waals surface area contributed by atoms with Crippen LogP contribution in [0, 0.1) is 23.2 Å². The van der Waals surface area contributed by atoms with Gasteiger partial charge in [0.05, 0.1) is 12.1 Å². The van der Waals surface area contributed by atoms with Crippen LogP contribution in [0.5, 0.6) is 5.75 Å². The highest BCUT2D eigenvalue weighted by Crippen LogP contribution is 2.61. The van der Waals surface area contributed by atoms with Crippen LogP contribution in [0.2, 0.25) is 10.0 Å². The molecule has 1 unspecified atom stereocenters. The summed E-state index contributed by atoms with van der Waals surface area (Å²) < 4.78 is 5.48. The van der Waals surface area contributed by atoms with Crippen LogP contribution in [-0.4, -0.2) is 13.2 Å². The monoisotopic (exact) mass is 367 g/mol. The van der Waals surface area contributed by atoms with Gasteiger partial charge in [-0.2, -0.15) is 0 Å². The van der Waals surface area contributed by atoms with Crippen LogP contribution in [0.1, 0.15) is 51.0 Å². The number of nitrogens with one attached hydrogen (secondary N) is 1. The van der Waals surface area contributed by atoms with Gasteiger partial charge in [-0.15, -0.1) is 0 Å². The topological polar surface area (TPSA) is 21.3 Å². The molecule has 24 heavy (non-hydrogen) atoms. The molecule has 0 saturated heterocycles. The Balaban J connectivity index is 1.49. The maximum atomic E-state index is 6.27. The molecule has 4 fully saturated rings. The minimum absolute atomic E-state index is 0.504. The molecule has 1 aromatic carbocycles. The van der Waals surface area contributed by atoms with Gasteiger partial charge in [-0.3, -0.25) is 0 Å². The zero-order valence-corrected chi connectivity index (χ0v) is 16.1. The third-order valence-corrected chi connectivity index (χ3v) is 7.39. The van der Waals surface area contributed by atoms with Gasteiger partial charge < -0.3 is 10.1 Å². The van der Waals surface area contributed by atoms with Gasteiger partial charge in [0.15, 0.2) is 0 Å². The third kappa shape index (κ3) is 2.95. The summed E-state index contributed by atoms with van der Waals surface area (Å²) in [6.45, 7) is 3.14. The SMILES string of the molecule is COc1c(Cl)cc(Cl)cc1CNC(C)C12CC3CC(CC(C3)C1)C2. The second-order valence-electron chi connectivity index (χ2n) is 8.46. The fourth-order valence-corrected chi connectivity index (χ4v) is 6.77. The summed E-state index contributed by atoms with van der Waals surface area (Å²) in [5.41, 5.74) is 1.55. The van der Waals surface area contributed by atoms with E-state index in [0.717, 1.165) is 35.6 Å². The minimum Gasteiger partial charge on any atom is -0.495 e. The summed E-state index contributed by atoms with van der Waals surface area (Å²) in [5.74, 6) is 3.69. The van der Waals surface area contributed by atoms with E-state index >= 15 is 0 Å². The molecule has 5 rings (SSSR count). The molecule has 0 amide bonds. The van der Waals surface area contributed by atoms with Crippen molar-refractivity contribution in [3.8, 4) is 5.75 Å². The molecule has 0 aromatic heterocycles. The molecule has 132 valence electrons. The van der Waals surface area contributed by atoms with E-state index < -0.39 is 0 Å². The smallest absolute Gasteiger partial charge is 0.142 e. The van der Waals surface area contributed by atoms with E-state index in [0.29, 0.717) is 21.5 Å². The maximum absolute atomic E-state index is 6.27. The Hall–Kier alpha value is -0.440. The van der Waals surface area contributed by atoms with Gasteiger partial charge in [0, 0.05) is 23.2 Å². The first-order valence-electron chi connectivity index (χ1n) is 9.24. The van der Waals surface area contributed by atoms with E-state index in [2.05, 4.69) is 12.2 Å². The minimum atomic E-state index is 0.504. The molecule has 2 nitrogen and oxygen atoms in total. The van der Waals surface area contributed by atoms with E-state index in [1.807, 2.05) is 6.07 Å². The highest BCUT2D eigenvalue weighted by atomic mass is 35.5. The van der Waals surface area contributed by atoms with Crippen LogP contribution in [-0.2, 0) is 6.54 Å². The van der Waals surface area contributed by atoms with Crippen molar-refractivity contribution < 1.29 is 4.74 Å². The normalized spacial score (nSPS) is 35.2. The highest BCUT2D eigenvalue weighted by Gasteiger charge is 2.52. The molecule has 4 heteroatoms. The van der Waals surface area contributed by atoms with Gasteiger partial charge in [0.1, 0.15) is 5.75 Å². The Labute approximate surface area is 155 Å². The molecule has 1 atom stereocenters. The van der Waals surface area contributed by atoms with Crippen LogP contribution in [0.4, 0.5) is 0 Å². The number of methoxy groups -OCH3 is 1. The van der Waals surface area contributed by atoms with Crippen molar-refractivity contribution in [2.75, 3.05) is 7.11 Å². The Bertz CT molecular complexity index is 595. The molecule has 0 aliphatic heterocycles. The number of ether oxygens (including phenoxy) is 1. The van der Waals surface area contributed by atoms with Crippen LogP contribution >= 0.6 is 23.2 Å². The average molecular weight is 368 g/mol. The highest BCUT2D eigenvalue weighted by molar-refractivity contribution is 6.35. The second kappa shape index (κ2) is 6.37. The molecule has 4 aliphatic rings. The van der Waals surface area contributed by atoms with Gasteiger partial charge in [-0.1, -0.05) is 23.2 Å². The summed E-state index contributed by atoms with van der Waals surface area (Å²) >= 11 is 12.5. The number of rotatable bonds is 5. The van der Waals surface area contributed by atoms with Crippen LogP contribution in [0.15, 0.2) is 12.1 Å². The van der Waals surface area contributed by atoms with E-state index in [1.54, 1.807) is 13.2 Å². The summed E-state index contributed by atoms with van der Waals surface area (Å²) in [4.78, 5) is 0. The Kier molecular flexibility index (Phi) is 4.51. The average Bonchev–Trinajstić information content (AvgIpc) is 2.50. The number of hydrogen-bond donors (Lipinski definition) is 1. The molecule has 4 aliphatic carbocycles. The first-order chi connectivity index (χ1) is 11.5. The van der Waals surface area contributed by atoms with Crippen molar-refractivity contribution in [3.63, 3.8) is 0 Å². The van der Waals surface area contributed by atoms with Crippen molar-refractivity contribution in [1.82, 2.24) is 5.32 Å². The predicted molar refractivity (Wildman–Crippen MR) is 99.9 cm³/mol. The van der Waals surface area contributed by atoms with Gasteiger partial charge in [0.25, 0.3) is 0 Å². The van der Waals surface area contributed by atoms with E-state index in [9.17, 15) is 0 Å².